The molecule has 0 saturated heterocycles. The number of carbonyl (C=O) groups is 2. The second kappa shape index (κ2) is 25.3. The average Bonchev–Trinajstić information content (AvgIpc) is 2.48. The van der Waals surface area contributed by atoms with Gasteiger partial charge >= 0.3 is 23.0 Å². The van der Waals surface area contributed by atoms with Crippen LogP contribution >= 0.6 is 0 Å². The topological polar surface area (TPSA) is 339 Å². The van der Waals surface area contributed by atoms with Crippen LogP contribution in [-0.2, 0) is 26.7 Å². The number of carboxylic acids is 2. The molecule has 0 heterocycles. The molecule has 1 aromatic carbocycles. The molecule has 31 heavy (non-hydrogen) atoms. The minimum Gasteiger partial charge on any atom is -0.872 e. The van der Waals surface area contributed by atoms with Crippen molar-refractivity contribution in [2.24, 2.45) is 16.5 Å². The molecule has 0 aliphatic rings. The smallest absolute Gasteiger partial charge is 0.872 e. The molecule has 1 rings (SSSR count). The Kier molecular flexibility index (Phi) is 37.8. The van der Waals surface area contributed by atoms with Crippen molar-refractivity contribution in [2.75, 3.05) is 6.54 Å². The number of nitrogens with zero attached hydrogens (tertiary/aromatic N) is 1. The Morgan fingerprint density at radius 1 is 1.13 bits per heavy atom. The van der Waals surface area contributed by atoms with Gasteiger partial charge in [-0.2, -0.15) is 0 Å². The van der Waals surface area contributed by atoms with E-state index in [1.165, 1.54) is 12.3 Å². The number of nitrogens with one attached hydrogen (secondary N) is 1. The Labute approximate surface area is 189 Å². The first-order valence-corrected chi connectivity index (χ1v) is 7.44. The number of benzene rings is 1. The molecular weight excluding hydrogens is 472 g/mol. The number of aliphatic imine (C=N–C) groups is 1. The molecule has 14 nitrogen and oxygen atoms in total. The van der Waals surface area contributed by atoms with Gasteiger partial charge in [0, 0.05) is 12.2 Å². The fraction of sp³-hybridized carbons (Fsp3) is 0.375. The SMILES string of the molecule is CC(=O)[O-].Cc1ccc([O-])c(C=N[C@@H](CCC[NH+]=C(N)N)C(=O)[O-])c1.O.O.O.O.O.[Cu+2]. The monoisotopic (exact) mass is 503 g/mol. The van der Waals surface area contributed by atoms with E-state index < -0.39 is 18.0 Å². The third kappa shape index (κ3) is 25.2. The predicted octanol–water partition coefficient (Wildman–Crippen LogP) is -8.63. The fourth-order valence-corrected chi connectivity index (χ4v) is 1.72. The van der Waals surface area contributed by atoms with Gasteiger partial charge in [0.25, 0.3) is 0 Å². The minimum absolute atomic E-state index is 0. The van der Waals surface area contributed by atoms with E-state index in [0.29, 0.717) is 18.5 Å². The van der Waals surface area contributed by atoms with Gasteiger partial charge in [-0.05, 0) is 32.3 Å². The van der Waals surface area contributed by atoms with Crippen LogP contribution in [0.3, 0.4) is 0 Å². The van der Waals surface area contributed by atoms with Gasteiger partial charge in [-0.1, -0.05) is 23.8 Å². The maximum atomic E-state index is 11.6. The predicted molar refractivity (Wildman–Crippen MR) is 104 cm³/mol. The molecule has 187 valence electrons. The van der Waals surface area contributed by atoms with Gasteiger partial charge in [0.2, 0.25) is 0 Å². The van der Waals surface area contributed by atoms with E-state index in [9.17, 15) is 15.0 Å². The molecule has 0 aliphatic heterocycles. The first-order valence-electron chi connectivity index (χ1n) is 7.44. The standard InChI is InChI=1S/C14H20N4O3.C2H4O2.Cu.5H2O/c1-9-4-5-12(19)10(7-9)8-18-11(13(20)21)3-2-6-17-14(15)16;1-2(3)4;;;;;;/h4-5,7-8,11,19H,2-3,6H2,1H3,(H,20,21)(H4,15,16,17);1H3,(H,3,4);;5*1H2/q;;+2;;;;;/p-2/t11-;;;;;;;/m0......./s1. The number of guanidine groups is 1. The van der Waals surface area contributed by atoms with Crippen molar-refractivity contribution in [1.82, 2.24) is 0 Å². The molecule has 0 unspecified atom stereocenters. The second-order valence-corrected chi connectivity index (χ2v) is 5.17. The van der Waals surface area contributed by atoms with Crippen molar-refractivity contribution in [3.8, 4) is 5.75 Å². The van der Waals surface area contributed by atoms with Gasteiger partial charge in [-0.25, -0.2) is 0 Å². The summed E-state index contributed by atoms with van der Waals surface area (Å²) in [4.78, 5) is 26.5. The van der Waals surface area contributed by atoms with Crippen molar-refractivity contribution in [1.29, 1.82) is 0 Å². The van der Waals surface area contributed by atoms with Gasteiger partial charge in [0.1, 0.15) is 0 Å². The van der Waals surface area contributed by atoms with Crippen molar-refractivity contribution < 1.29 is 74.4 Å². The van der Waals surface area contributed by atoms with Crippen LogP contribution in [0, 0.1) is 6.92 Å². The molecule has 15 N–H and O–H groups in total. The zero-order chi connectivity index (χ0) is 19.4. The minimum atomic E-state index is -1.28. The molecule has 0 spiro atoms. The van der Waals surface area contributed by atoms with E-state index in [4.69, 9.17) is 21.4 Å². The quantitative estimate of drug-likeness (QED) is 0.139. The molecule has 1 aromatic rings. The van der Waals surface area contributed by atoms with Crippen LogP contribution in [0.1, 0.15) is 30.9 Å². The number of aliphatic carboxylic acids is 2. The van der Waals surface area contributed by atoms with Crippen molar-refractivity contribution >= 4 is 24.1 Å². The van der Waals surface area contributed by atoms with Crippen molar-refractivity contribution in [2.45, 2.75) is 32.7 Å². The number of aryl methyl sites for hydroxylation is 1. The van der Waals surface area contributed by atoms with E-state index in [1.54, 1.807) is 12.1 Å². The number of hydrogen-bond donors (Lipinski definition) is 3. The summed E-state index contributed by atoms with van der Waals surface area (Å²) in [5.74, 6) is -2.48. The van der Waals surface area contributed by atoms with Gasteiger partial charge in [-0.15, -0.1) is 5.75 Å². The Balaban J connectivity index is -0.000000106. The Bertz CT molecular complexity index is 651. The van der Waals surface area contributed by atoms with Crippen LogP contribution in [0.2, 0.25) is 0 Å². The molecule has 0 aliphatic carbocycles. The van der Waals surface area contributed by atoms with E-state index >= 15 is 0 Å². The molecule has 0 saturated carbocycles. The molecule has 15 heteroatoms. The molecule has 0 fully saturated rings. The number of carboxylic acid groups (broad SMARTS) is 2. The molecule has 0 amide bonds. The largest absolute Gasteiger partial charge is 2.00 e. The summed E-state index contributed by atoms with van der Waals surface area (Å²) < 4.78 is 0. The molecule has 1 radical (unpaired) electrons. The normalized spacial score (nSPS) is 9.10. The zero-order valence-corrected chi connectivity index (χ0v) is 17.9. The van der Waals surface area contributed by atoms with Crippen LogP contribution in [0.5, 0.6) is 5.75 Å². The van der Waals surface area contributed by atoms with Crippen molar-refractivity contribution in [3.05, 3.63) is 29.3 Å². The molecular formula is C16H32CuN4O10. The molecule has 1 atom stereocenters. The van der Waals surface area contributed by atoms with Crippen LogP contribution in [0.15, 0.2) is 23.2 Å². The summed E-state index contributed by atoms with van der Waals surface area (Å²) in [6.07, 6.45) is 2.05. The first-order chi connectivity index (χ1) is 11.6. The van der Waals surface area contributed by atoms with Gasteiger partial charge in [0.05, 0.1) is 18.6 Å². The van der Waals surface area contributed by atoms with Gasteiger partial charge < -0.3 is 52.3 Å². The first kappa shape index (κ1) is 46.4. The Morgan fingerprint density at radius 3 is 2.03 bits per heavy atom. The van der Waals surface area contributed by atoms with Crippen LogP contribution in [0.25, 0.3) is 0 Å². The number of carbonyl (C=O) groups excluding carboxylic acids is 2. The molecule has 0 aromatic heterocycles. The summed E-state index contributed by atoms with van der Waals surface area (Å²) >= 11 is 0. The Hall–Kier alpha value is -2.78. The summed E-state index contributed by atoms with van der Waals surface area (Å²) in [5.41, 5.74) is 11.7. The summed E-state index contributed by atoms with van der Waals surface area (Å²) in [6.45, 7) is 3.26. The van der Waals surface area contributed by atoms with Crippen LogP contribution < -0.4 is 31.8 Å². The summed E-state index contributed by atoms with van der Waals surface area (Å²) in [6, 6.07) is 3.76. The van der Waals surface area contributed by atoms with E-state index in [0.717, 1.165) is 12.5 Å². The number of nitrogens with two attached hydrogens (primary N) is 2. The number of rotatable bonds is 7. The van der Waals surface area contributed by atoms with Crippen LogP contribution in [-0.4, -0.2) is 64.1 Å². The summed E-state index contributed by atoms with van der Waals surface area (Å²) in [5, 5.41) is 31.5. The third-order valence-corrected chi connectivity index (χ3v) is 2.81. The second-order valence-electron chi connectivity index (χ2n) is 5.17. The van der Waals surface area contributed by atoms with E-state index in [2.05, 4.69) is 9.98 Å². The van der Waals surface area contributed by atoms with Crippen molar-refractivity contribution in [3.63, 3.8) is 0 Å². The maximum Gasteiger partial charge on any atom is 2.00 e. The van der Waals surface area contributed by atoms with E-state index in [-0.39, 0.29) is 62.6 Å². The van der Waals surface area contributed by atoms with Crippen LogP contribution in [0.4, 0.5) is 0 Å². The van der Waals surface area contributed by atoms with Gasteiger partial charge in [0.15, 0.2) is 0 Å². The average molecular weight is 504 g/mol. The Morgan fingerprint density at radius 2 is 1.61 bits per heavy atom. The maximum absolute atomic E-state index is 11.6. The molecule has 0 bridgehead atoms. The fourth-order valence-electron chi connectivity index (χ4n) is 1.72. The number of hydrogen-bond acceptors (Lipinski definition) is 6. The zero-order valence-electron chi connectivity index (χ0n) is 17.0. The van der Waals surface area contributed by atoms with Gasteiger partial charge in [-0.3, -0.25) is 21.5 Å². The summed E-state index contributed by atoms with van der Waals surface area (Å²) in [7, 11) is 0. The van der Waals surface area contributed by atoms with E-state index in [1.807, 2.05) is 6.92 Å². The third-order valence-electron chi connectivity index (χ3n) is 2.81.